The minimum absolute atomic E-state index is 0.00946. The van der Waals surface area contributed by atoms with E-state index in [0.717, 1.165) is 4.90 Å². The van der Waals surface area contributed by atoms with Gasteiger partial charge in [-0.25, -0.2) is 9.69 Å². The minimum Gasteiger partial charge on any atom is -0.466 e. The standard InChI is InChI=1S/C31H33BrN2O8/c1-6-40-23(35)14-17-16-30(19-10-8-9-11-21(19)33-26(30)37)24(25(36)41-7-2)31(17)20-13-12-18(32)15-22(20)34(27(31)38)28(39)42-29(3,4)5/h8-13,15,17,24H,6-7,14,16H2,1-5H3,(H,33,37)/t17-,24-,30-,31-/m1/s1. The molecule has 2 aromatic rings. The molecule has 4 atom stereocenters. The molecule has 2 aromatic carbocycles. The molecule has 2 aliphatic heterocycles. The van der Waals surface area contributed by atoms with Gasteiger partial charge >= 0.3 is 18.0 Å². The number of esters is 2. The summed E-state index contributed by atoms with van der Waals surface area (Å²) in [7, 11) is 0. The number of rotatable bonds is 5. The van der Waals surface area contributed by atoms with Gasteiger partial charge in [0.1, 0.15) is 5.60 Å². The molecule has 42 heavy (non-hydrogen) atoms. The Hall–Kier alpha value is -3.73. The Kier molecular flexibility index (Phi) is 7.45. The first kappa shape index (κ1) is 29.8. The van der Waals surface area contributed by atoms with E-state index in [0.29, 0.717) is 21.3 Å². The average Bonchev–Trinajstić information content (AvgIpc) is 3.45. The number of nitrogens with zero attached hydrogens (tertiary/aromatic N) is 1. The van der Waals surface area contributed by atoms with Crippen molar-refractivity contribution in [3.8, 4) is 0 Å². The first-order valence-electron chi connectivity index (χ1n) is 13.9. The van der Waals surface area contributed by atoms with E-state index in [4.69, 9.17) is 14.2 Å². The number of anilines is 2. The Morgan fingerprint density at radius 1 is 1.02 bits per heavy atom. The van der Waals surface area contributed by atoms with E-state index >= 15 is 0 Å². The van der Waals surface area contributed by atoms with Crippen molar-refractivity contribution in [2.24, 2.45) is 11.8 Å². The molecule has 0 unspecified atom stereocenters. The summed E-state index contributed by atoms with van der Waals surface area (Å²) in [5.74, 6) is -4.92. The first-order valence-corrected chi connectivity index (χ1v) is 14.7. The lowest BCUT2D eigenvalue weighted by atomic mass is 9.62. The van der Waals surface area contributed by atoms with Gasteiger partial charge in [0.25, 0.3) is 0 Å². The van der Waals surface area contributed by atoms with E-state index in [2.05, 4.69) is 21.2 Å². The van der Waals surface area contributed by atoms with Crippen LogP contribution in [0.15, 0.2) is 46.9 Å². The molecule has 2 heterocycles. The molecule has 0 saturated heterocycles. The summed E-state index contributed by atoms with van der Waals surface area (Å²) >= 11 is 3.44. The van der Waals surface area contributed by atoms with E-state index < -0.39 is 58.1 Å². The van der Waals surface area contributed by atoms with Crippen LogP contribution in [0.2, 0.25) is 0 Å². The summed E-state index contributed by atoms with van der Waals surface area (Å²) in [6.07, 6.45) is -1.25. The number of para-hydroxylation sites is 1. The molecule has 5 rings (SSSR count). The number of halogens is 1. The van der Waals surface area contributed by atoms with E-state index in [-0.39, 0.29) is 31.7 Å². The van der Waals surface area contributed by atoms with Gasteiger partial charge in [0, 0.05) is 16.6 Å². The van der Waals surface area contributed by atoms with E-state index in [1.165, 1.54) is 0 Å². The number of benzene rings is 2. The Bertz CT molecular complexity index is 1500. The van der Waals surface area contributed by atoms with Crippen LogP contribution < -0.4 is 10.2 Å². The maximum Gasteiger partial charge on any atom is 0.421 e. The van der Waals surface area contributed by atoms with Gasteiger partial charge in [0.05, 0.1) is 35.6 Å². The smallest absolute Gasteiger partial charge is 0.421 e. The minimum atomic E-state index is -1.83. The number of imide groups is 1. The topological polar surface area (TPSA) is 128 Å². The third-order valence-electron chi connectivity index (χ3n) is 8.24. The Morgan fingerprint density at radius 2 is 1.71 bits per heavy atom. The lowest BCUT2D eigenvalue weighted by Gasteiger charge is -2.37. The number of carbonyl (C=O) groups is 5. The maximum absolute atomic E-state index is 15.0. The van der Waals surface area contributed by atoms with Crippen LogP contribution in [0.3, 0.4) is 0 Å². The van der Waals surface area contributed by atoms with Crippen molar-refractivity contribution < 1.29 is 38.2 Å². The van der Waals surface area contributed by atoms with Crippen LogP contribution in [-0.4, -0.2) is 48.7 Å². The third kappa shape index (κ3) is 4.31. The SMILES string of the molecule is CCOC(=O)C[C@@H]1C[C@]2(C(=O)Nc3ccccc32)[C@@H](C(=O)OCC)[C@@]12C(=O)N(C(=O)OC(C)(C)C)c1cc(Br)ccc12. The van der Waals surface area contributed by atoms with Crippen molar-refractivity contribution in [2.75, 3.05) is 23.4 Å². The summed E-state index contributed by atoms with van der Waals surface area (Å²) in [4.78, 5) is 70.9. The average molecular weight is 642 g/mol. The van der Waals surface area contributed by atoms with Gasteiger partial charge in [-0.3, -0.25) is 19.2 Å². The molecule has 0 bridgehead atoms. The van der Waals surface area contributed by atoms with Gasteiger partial charge in [-0.2, -0.15) is 0 Å². The summed E-state index contributed by atoms with van der Waals surface area (Å²) < 4.78 is 17.1. The Morgan fingerprint density at radius 3 is 2.38 bits per heavy atom. The predicted octanol–water partition coefficient (Wildman–Crippen LogP) is 5.01. The molecule has 11 heteroatoms. The van der Waals surface area contributed by atoms with Gasteiger partial charge in [-0.15, -0.1) is 0 Å². The van der Waals surface area contributed by atoms with Crippen molar-refractivity contribution in [3.05, 3.63) is 58.1 Å². The summed E-state index contributed by atoms with van der Waals surface area (Å²) in [6, 6.07) is 11.9. The quantitative estimate of drug-likeness (QED) is 0.357. The molecule has 1 N–H and O–H groups in total. The van der Waals surface area contributed by atoms with Gasteiger partial charge in [-0.05, 0) is 76.3 Å². The van der Waals surface area contributed by atoms with Crippen LogP contribution in [0, 0.1) is 11.8 Å². The predicted molar refractivity (Wildman–Crippen MR) is 156 cm³/mol. The largest absolute Gasteiger partial charge is 0.466 e. The van der Waals surface area contributed by atoms with E-state index in [1.54, 1.807) is 77.1 Å². The maximum atomic E-state index is 15.0. The van der Waals surface area contributed by atoms with Crippen molar-refractivity contribution >= 4 is 57.2 Å². The van der Waals surface area contributed by atoms with Crippen LogP contribution in [0.5, 0.6) is 0 Å². The molecule has 1 fully saturated rings. The van der Waals surface area contributed by atoms with Crippen molar-refractivity contribution in [3.63, 3.8) is 0 Å². The number of nitrogens with one attached hydrogen (secondary N) is 1. The zero-order chi connectivity index (χ0) is 30.6. The zero-order valence-electron chi connectivity index (χ0n) is 24.1. The Labute approximate surface area is 252 Å². The highest BCUT2D eigenvalue weighted by atomic mass is 79.9. The molecule has 3 amide bonds. The van der Waals surface area contributed by atoms with Gasteiger partial charge < -0.3 is 19.5 Å². The lowest BCUT2D eigenvalue weighted by molar-refractivity contribution is -0.157. The first-order chi connectivity index (χ1) is 19.8. The van der Waals surface area contributed by atoms with E-state index in [9.17, 15) is 24.0 Å². The normalized spacial score (nSPS) is 25.8. The number of ether oxygens (including phenoxy) is 3. The van der Waals surface area contributed by atoms with Crippen molar-refractivity contribution in [2.45, 2.75) is 63.9 Å². The number of amides is 3. The molecule has 0 aromatic heterocycles. The fourth-order valence-electron chi connectivity index (χ4n) is 7.00. The zero-order valence-corrected chi connectivity index (χ0v) is 25.7. The van der Waals surface area contributed by atoms with Gasteiger partial charge in [-0.1, -0.05) is 40.2 Å². The number of hydrogen-bond acceptors (Lipinski definition) is 8. The van der Waals surface area contributed by atoms with Crippen LogP contribution in [0.25, 0.3) is 0 Å². The second-order valence-corrected chi connectivity index (χ2v) is 12.6. The third-order valence-corrected chi connectivity index (χ3v) is 8.73. The second kappa shape index (κ2) is 10.5. The fourth-order valence-corrected chi connectivity index (χ4v) is 7.35. The molecule has 222 valence electrons. The van der Waals surface area contributed by atoms with E-state index in [1.807, 2.05) is 0 Å². The Balaban J connectivity index is 1.84. The molecule has 1 saturated carbocycles. The number of hydrogen-bond donors (Lipinski definition) is 1. The van der Waals surface area contributed by atoms with Crippen LogP contribution in [-0.2, 0) is 44.2 Å². The summed E-state index contributed by atoms with van der Waals surface area (Å²) in [5, 5.41) is 2.89. The molecular weight excluding hydrogens is 608 g/mol. The highest BCUT2D eigenvalue weighted by molar-refractivity contribution is 9.10. The molecule has 1 aliphatic carbocycles. The number of carbonyl (C=O) groups excluding carboxylic acids is 5. The van der Waals surface area contributed by atoms with Crippen molar-refractivity contribution in [1.82, 2.24) is 0 Å². The molecule has 10 nitrogen and oxygen atoms in total. The van der Waals surface area contributed by atoms with Crippen molar-refractivity contribution in [1.29, 1.82) is 0 Å². The monoisotopic (exact) mass is 640 g/mol. The highest BCUT2D eigenvalue weighted by Crippen LogP contribution is 2.67. The van der Waals surface area contributed by atoms with Crippen LogP contribution in [0.1, 0.15) is 58.6 Å². The van der Waals surface area contributed by atoms with Gasteiger partial charge in [0.15, 0.2) is 0 Å². The van der Waals surface area contributed by atoms with Crippen LogP contribution >= 0.6 is 15.9 Å². The molecule has 0 radical (unpaired) electrons. The molecule has 2 spiro atoms. The molecular formula is C31H33BrN2O8. The second-order valence-electron chi connectivity index (χ2n) is 11.7. The molecule has 3 aliphatic rings. The summed E-state index contributed by atoms with van der Waals surface area (Å²) in [6.45, 7) is 8.44. The van der Waals surface area contributed by atoms with Crippen LogP contribution in [0.4, 0.5) is 16.2 Å². The summed E-state index contributed by atoms with van der Waals surface area (Å²) in [5.41, 5.74) is -2.76. The van der Waals surface area contributed by atoms with Gasteiger partial charge in [0.2, 0.25) is 11.8 Å². The number of fused-ring (bicyclic) bond motifs is 4. The fraction of sp³-hybridized carbons (Fsp3) is 0.452. The lowest BCUT2D eigenvalue weighted by Crippen LogP contribution is -2.56. The highest BCUT2D eigenvalue weighted by Gasteiger charge is 2.77.